The number of rotatable bonds is 6. The molecule has 1 aromatic heterocycles. The van der Waals surface area contributed by atoms with Crippen LogP contribution in [0.25, 0.3) is 10.9 Å². The molecule has 22 heavy (non-hydrogen) atoms. The maximum absolute atomic E-state index is 5.80. The third-order valence-electron chi connectivity index (χ3n) is 3.28. The Morgan fingerprint density at radius 1 is 0.955 bits per heavy atom. The van der Waals surface area contributed by atoms with Gasteiger partial charge in [-0.2, -0.15) is 0 Å². The minimum Gasteiger partial charge on any atom is -0.493 e. The molecule has 2 aromatic carbocycles. The van der Waals surface area contributed by atoms with Crippen molar-refractivity contribution in [1.29, 1.82) is 0 Å². The largest absolute Gasteiger partial charge is 0.493 e. The lowest BCUT2D eigenvalue weighted by Gasteiger charge is -2.10. The minimum atomic E-state index is 0.627. The lowest BCUT2D eigenvalue weighted by Crippen LogP contribution is -2.01. The molecule has 0 aliphatic heterocycles. The molecule has 0 amide bonds. The number of benzene rings is 2. The van der Waals surface area contributed by atoms with Crippen LogP contribution in [0.3, 0.4) is 0 Å². The van der Waals surface area contributed by atoms with Crippen LogP contribution in [0.15, 0.2) is 65.7 Å². The van der Waals surface area contributed by atoms with Crippen LogP contribution in [0.1, 0.15) is 0 Å². The van der Waals surface area contributed by atoms with E-state index in [4.69, 9.17) is 9.47 Å². The van der Waals surface area contributed by atoms with Gasteiger partial charge in [-0.3, -0.25) is 4.98 Å². The Morgan fingerprint density at radius 3 is 2.59 bits per heavy atom. The maximum Gasteiger partial charge on any atom is 0.161 e. The van der Waals surface area contributed by atoms with E-state index in [1.165, 1.54) is 10.3 Å². The molecule has 3 aromatic rings. The van der Waals surface area contributed by atoms with Crippen LogP contribution in [0.2, 0.25) is 0 Å². The number of hydrogen-bond donors (Lipinski definition) is 0. The topological polar surface area (TPSA) is 31.4 Å². The van der Waals surface area contributed by atoms with Crippen molar-refractivity contribution in [2.24, 2.45) is 0 Å². The summed E-state index contributed by atoms with van der Waals surface area (Å²) in [5.74, 6) is 2.42. The van der Waals surface area contributed by atoms with Crippen molar-refractivity contribution in [1.82, 2.24) is 4.98 Å². The Bertz CT molecular complexity index is 755. The van der Waals surface area contributed by atoms with Crippen LogP contribution in [0, 0.1) is 0 Å². The number of fused-ring (bicyclic) bond motifs is 1. The van der Waals surface area contributed by atoms with Crippen LogP contribution in [-0.2, 0) is 0 Å². The number of pyridine rings is 1. The van der Waals surface area contributed by atoms with Gasteiger partial charge in [-0.1, -0.05) is 30.3 Å². The zero-order chi connectivity index (χ0) is 15.2. The van der Waals surface area contributed by atoms with Gasteiger partial charge < -0.3 is 9.47 Å². The van der Waals surface area contributed by atoms with Crippen molar-refractivity contribution in [3.63, 3.8) is 0 Å². The lowest BCUT2D eigenvalue weighted by atomic mass is 10.2. The third kappa shape index (κ3) is 3.34. The van der Waals surface area contributed by atoms with Gasteiger partial charge in [0.05, 0.1) is 19.2 Å². The molecule has 0 N–H and O–H groups in total. The minimum absolute atomic E-state index is 0.627. The Labute approximate surface area is 134 Å². The summed E-state index contributed by atoms with van der Waals surface area (Å²) in [5.41, 5.74) is 1.03. The van der Waals surface area contributed by atoms with Crippen molar-refractivity contribution in [3.05, 3.63) is 60.8 Å². The fraction of sp³-hybridized carbons (Fsp3) is 0.167. The monoisotopic (exact) mass is 311 g/mol. The first-order chi connectivity index (χ1) is 10.9. The predicted octanol–water partition coefficient (Wildman–Crippen LogP) is 4.41. The highest BCUT2D eigenvalue weighted by Crippen LogP contribution is 2.28. The zero-order valence-electron chi connectivity index (χ0n) is 12.4. The number of para-hydroxylation sites is 3. The van der Waals surface area contributed by atoms with Gasteiger partial charge in [0.2, 0.25) is 0 Å². The van der Waals surface area contributed by atoms with E-state index < -0.39 is 0 Å². The second-order valence-electron chi connectivity index (χ2n) is 4.67. The summed E-state index contributed by atoms with van der Waals surface area (Å²) in [6.45, 7) is 0.627. The first kappa shape index (κ1) is 14.7. The second kappa shape index (κ2) is 7.18. The summed E-state index contributed by atoms with van der Waals surface area (Å²) in [4.78, 5) is 5.61. The highest BCUT2D eigenvalue weighted by atomic mass is 32.2. The molecule has 0 bridgehead atoms. The number of ether oxygens (including phenoxy) is 2. The number of thioether (sulfide) groups is 1. The average molecular weight is 311 g/mol. The summed E-state index contributed by atoms with van der Waals surface area (Å²) < 4.78 is 11.1. The lowest BCUT2D eigenvalue weighted by molar-refractivity contribution is 0.313. The molecular formula is C18H17NO2S. The van der Waals surface area contributed by atoms with E-state index in [0.29, 0.717) is 6.61 Å². The molecule has 0 unspecified atom stereocenters. The Balaban J connectivity index is 1.61. The summed E-state index contributed by atoms with van der Waals surface area (Å²) in [6, 6.07) is 17.9. The molecule has 0 atom stereocenters. The van der Waals surface area contributed by atoms with E-state index in [-0.39, 0.29) is 0 Å². The zero-order valence-corrected chi connectivity index (χ0v) is 13.2. The molecular weight excluding hydrogens is 294 g/mol. The van der Waals surface area contributed by atoms with Gasteiger partial charge in [0.15, 0.2) is 11.5 Å². The van der Waals surface area contributed by atoms with Crippen LogP contribution >= 0.6 is 11.8 Å². The Kier molecular flexibility index (Phi) is 4.81. The van der Waals surface area contributed by atoms with Crippen molar-refractivity contribution < 1.29 is 9.47 Å². The van der Waals surface area contributed by atoms with Crippen LogP contribution in [-0.4, -0.2) is 24.5 Å². The molecule has 0 fully saturated rings. The Hall–Kier alpha value is -2.20. The van der Waals surface area contributed by atoms with E-state index >= 15 is 0 Å². The molecule has 0 spiro atoms. The van der Waals surface area contributed by atoms with Gasteiger partial charge in [0, 0.05) is 22.2 Å². The highest BCUT2D eigenvalue weighted by Gasteiger charge is 2.04. The summed E-state index contributed by atoms with van der Waals surface area (Å²) in [6.07, 6.45) is 1.85. The highest BCUT2D eigenvalue weighted by molar-refractivity contribution is 7.99. The van der Waals surface area contributed by atoms with Crippen LogP contribution in [0.4, 0.5) is 0 Å². The van der Waals surface area contributed by atoms with Gasteiger partial charge in [-0.15, -0.1) is 11.8 Å². The molecule has 0 saturated heterocycles. The quantitative estimate of drug-likeness (QED) is 0.498. The van der Waals surface area contributed by atoms with E-state index in [9.17, 15) is 0 Å². The Morgan fingerprint density at radius 2 is 1.73 bits per heavy atom. The number of methoxy groups -OCH3 is 1. The van der Waals surface area contributed by atoms with Crippen molar-refractivity contribution >= 4 is 22.7 Å². The number of hydrogen-bond acceptors (Lipinski definition) is 4. The number of aromatic nitrogens is 1. The van der Waals surface area contributed by atoms with Crippen molar-refractivity contribution in [2.75, 3.05) is 19.5 Å². The van der Waals surface area contributed by atoms with Crippen LogP contribution in [0.5, 0.6) is 11.5 Å². The van der Waals surface area contributed by atoms with Crippen LogP contribution < -0.4 is 9.47 Å². The van der Waals surface area contributed by atoms with Gasteiger partial charge in [-0.05, 0) is 24.3 Å². The molecule has 112 valence electrons. The van der Waals surface area contributed by atoms with E-state index in [1.807, 2.05) is 48.7 Å². The summed E-state index contributed by atoms with van der Waals surface area (Å²) in [7, 11) is 1.65. The van der Waals surface area contributed by atoms with Gasteiger partial charge >= 0.3 is 0 Å². The first-order valence-electron chi connectivity index (χ1n) is 7.11. The summed E-state index contributed by atoms with van der Waals surface area (Å²) >= 11 is 1.78. The molecule has 1 heterocycles. The SMILES string of the molecule is COc1ccccc1OCCSc1ccnc2ccccc12. The fourth-order valence-electron chi connectivity index (χ4n) is 2.24. The molecule has 0 radical (unpaired) electrons. The summed E-state index contributed by atoms with van der Waals surface area (Å²) in [5, 5.41) is 1.19. The first-order valence-corrected chi connectivity index (χ1v) is 8.09. The van der Waals surface area contributed by atoms with Gasteiger partial charge in [0.1, 0.15) is 0 Å². The van der Waals surface area contributed by atoms with E-state index in [1.54, 1.807) is 18.9 Å². The third-order valence-corrected chi connectivity index (χ3v) is 4.31. The molecule has 3 nitrogen and oxygen atoms in total. The molecule has 0 aliphatic carbocycles. The van der Waals surface area contributed by atoms with Gasteiger partial charge in [0.25, 0.3) is 0 Å². The molecule has 0 aliphatic rings. The second-order valence-corrected chi connectivity index (χ2v) is 5.81. The smallest absolute Gasteiger partial charge is 0.161 e. The molecule has 4 heteroatoms. The van der Waals surface area contributed by atoms with E-state index in [0.717, 1.165) is 22.8 Å². The molecule has 3 rings (SSSR count). The standard InChI is InChI=1S/C18H17NO2S/c1-20-16-8-4-5-9-17(16)21-12-13-22-18-10-11-19-15-7-3-2-6-14(15)18/h2-11H,12-13H2,1H3. The normalized spacial score (nSPS) is 10.6. The molecule has 0 saturated carbocycles. The van der Waals surface area contributed by atoms with Crippen molar-refractivity contribution in [3.8, 4) is 11.5 Å². The number of nitrogens with zero attached hydrogens (tertiary/aromatic N) is 1. The van der Waals surface area contributed by atoms with Crippen molar-refractivity contribution in [2.45, 2.75) is 4.90 Å². The van der Waals surface area contributed by atoms with Gasteiger partial charge in [-0.25, -0.2) is 0 Å². The average Bonchev–Trinajstić information content (AvgIpc) is 2.59. The predicted molar refractivity (Wildman–Crippen MR) is 91.0 cm³/mol. The fourth-order valence-corrected chi connectivity index (χ4v) is 3.11. The maximum atomic E-state index is 5.80. The van der Waals surface area contributed by atoms with E-state index in [2.05, 4.69) is 17.1 Å².